The van der Waals surface area contributed by atoms with Crippen LogP contribution in [0.15, 0.2) is 35.3 Å². The number of rotatable bonds is 6. The molecule has 1 fully saturated rings. The number of hydrogen-bond donors (Lipinski definition) is 1. The van der Waals surface area contributed by atoms with Gasteiger partial charge < -0.3 is 14.3 Å². The molecule has 0 aromatic carbocycles. The first-order valence-electron chi connectivity index (χ1n) is 6.59. The van der Waals surface area contributed by atoms with E-state index in [9.17, 15) is 0 Å². The van der Waals surface area contributed by atoms with E-state index in [-0.39, 0.29) is 0 Å². The van der Waals surface area contributed by atoms with Crippen LogP contribution in [0.1, 0.15) is 37.3 Å². The van der Waals surface area contributed by atoms with Crippen LogP contribution in [-0.4, -0.2) is 15.6 Å². The van der Waals surface area contributed by atoms with Crippen LogP contribution in [0.4, 0.5) is 0 Å². The average Bonchev–Trinajstić information content (AvgIpc) is 2.88. The zero-order valence-electron chi connectivity index (χ0n) is 10.7. The van der Waals surface area contributed by atoms with Crippen molar-refractivity contribution in [1.82, 2.24) is 14.9 Å². The molecule has 0 bridgehead atoms. The molecule has 1 aliphatic carbocycles. The predicted octanol–water partition coefficient (Wildman–Crippen LogP) is 2.53. The van der Waals surface area contributed by atoms with Crippen LogP contribution in [0.3, 0.4) is 0 Å². The van der Waals surface area contributed by atoms with Crippen molar-refractivity contribution in [2.75, 3.05) is 0 Å². The summed E-state index contributed by atoms with van der Waals surface area (Å²) < 4.78 is 7.53. The molecule has 1 N–H and O–H groups in total. The van der Waals surface area contributed by atoms with Crippen LogP contribution >= 0.6 is 0 Å². The van der Waals surface area contributed by atoms with E-state index < -0.39 is 0 Å². The summed E-state index contributed by atoms with van der Waals surface area (Å²) in [6, 6.07) is 5.05. The second-order valence-corrected chi connectivity index (χ2v) is 5.10. The number of aromatic nitrogens is 2. The van der Waals surface area contributed by atoms with Crippen molar-refractivity contribution in [3.8, 4) is 0 Å². The third kappa shape index (κ3) is 2.82. The van der Waals surface area contributed by atoms with Gasteiger partial charge in [-0.05, 0) is 31.9 Å². The average molecular weight is 245 g/mol. The Labute approximate surface area is 107 Å². The molecule has 0 spiro atoms. The van der Waals surface area contributed by atoms with Crippen LogP contribution in [0, 0.1) is 0 Å². The number of imidazole rings is 1. The van der Waals surface area contributed by atoms with Crippen LogP contribution in [-0.2, 0) is 13.0 Å². The van der Waals surface area contributed by atoms with Gasteiger partial charge in [0, 0.05) is 31.2 Å². The molecule has 1 aliphatic rings. The maximum atomic E-state index is 5.37. The minimum absolute atomic E-state index is 0.373. The maximum absolute atomic E-state index is 5.37. The summed E-state index contributed by atoms with van der Waals surface area (Å²) in [5, 5.41) is 3.48. The lowest BCUT2D eigenvalue weighted by atomic mass is 10.2. The lowest BCUT2D eigenvalue weighted by Crippen LogP contribution is -2.15. The van der Waals surface area contributed by atoms with Gasteiger partial charge >= 0.3 is 0 Å². The molecule has 2 heterocycles. The Morgan fingerprint density at radius 1 is 1.56 bits per heavy atom. The van der Waals surface area contributed by atoms with Crippen molar-refractivity contribution in [3.05, 3.63) is 42.4 Å². The van der Waals surface area contributed by atoms with E-state index in [1.807, 2.05) is 18.5 Å². The van der Waals surface area contributed by atoms with Crippen LogP contribution < -0.4 is 5.32 Å². The van der Waals surface area contributed by atoms with Gasteiger partial charge in [0.25, 0.3) is 0 Å². The quantitative estimate of drug-likeness (QED) is 0.850. The Hall–Kier alpha value is -1.55. The molecule has 96 valence electrons. The van der Waals surface area contributed by atoms with Crippen molar-refractivity contribution in [1.29, 1.82) is 0 Å². The molecule has 0 saturated heterocycles. The van der Waals surface area contributed by atoms with Gasteiger partial charge in [-0.25, -0.2) is 4.98 Å². The molecular formula is C14H19N3O. The summed E-state index contributed by atoms with van der Waals surface area (Å²) in [6.07, 6.45) is 9.30. The zero-order chi connectivity index (χ0) is 12.4. The highest BCUT2D eigenvalue weighted by Crippen LogP contribution is 2.19. The van der Waals surface area contributed by atoms with Crippen LogP contribution in [0.25, 0.3) is 0 Å². The van der Waals surface area contributed by atoms with Gasteiger partial charge in [0.05, 0.1) is 18.3 Å². The zero-order valence-corrected chi connectivity index (χ0v) is 10.7. The van der Waals surface area contributed by atoms with Gasteiger partial charge in [-0.15, -0.1) is 0 Å². The largest absolute Gasteiger partial charge is 0.469 e. The molecule has 3 rings (SSSR count). The highest BCUT2D eigenvalue weighted by Gasteiger charge is 2.20. The Morgan fingerprint density at radius 2 is 2.44 bits per heavy atom. The third-order valence-electron chi connectivity index (χ3n) is 3.39. The number of furan rings is 1. The first-order valence-corrected chi connectivity index (χ1v) is 6.59. The Balaban J connectivity index is 1.57. The van der Waals surface area contributed by atoms with Crippen molar-refractivity contribution in [2.24, 2.45) is 0 Å². The van der Waals surface area contributed by atoms with Crippen LogP contribution in [0.5, 0.6) is 0 Å². The topological polar surface area (TPSA) is 43.0 Å². The van der Waals surface area contributed by atoms with E-state index in [2.05, 4.69) is 28.0 Å². The Morgan fingerprint density at radius 3 is 3.17 bits per heavy atom. The molecule has 4 nitrogen and oxygen atoms in total. The Bertz CT molecular complexity index is 485. The molecule has 4 heteroatoms. The summed E-state index contributed by atoms with van der Waals surface area (Å²) in [5.74, 6) is 1.02. The smallest absolute Gasteiger partial charge is 0.105 e. The van der Waals surface area contributed by atoms with E-state index in [1.54, 1.807) is 6.26 Å². The van der Waals surface area contributed by atoms with Gasteiger partial charge in [-0.1, -0.05) is 0 Å². The summed E-state index contributed by atoms with van der Waals surface area (Å²) in [6.45, 7) is 3.06. The SMILES string of the molecule is CC(Cc1ccco1)n1cnc(CNC2CC2)c1. The molecule has 2 aromatic heterocycles. The van der Waals surface area contributed by atoms with E-state index in [0.29, 0.717) is 6.04 Å². The Kier molecular flexibility index (Phi) is 3.19. The summed E-state index contributed by atoms with van der Waals surface area (Å²) >= 11 is 0. The number of hydrogen-bond acceptors (Lipinski definition) is 3. The van der Waals surface area contributed by atoms with Crippen LogP contribution in [0.2, 0.25) is 0 Å². The minimum Gasteiger partial charge on any atom is -0.469 e. The van der Waals surface area contributed by atoms with E-state index in [1.165, 1.54) is 12.8 Å². The first kappa shape index (κ1) is 11.5. The van der Waals surface area contributed by atoms with Crippen molar-refractivity contribution >= 4 is 0 Å². The molecule has 0 aliphatic heterocycles. The molecule has 1 atom stereocenters. The van der Waals surface area contributed by atoms with Gasteiger partial charge in [0.15, 0.2) is 0 Å². The van der Waals surface area contributed by atoms with Gasteiger partial charge in [0.1, 0.15) is 5.76 Å². The lowest BCUT2D eigenvalue weighted by Gasteiger charge is -2.10. The first-order chi connectivity index (χ1) is 8.81. The summed E-state index contributed by atoms with van der Waals surface area (Å²) in [5.41, 5.74) is 1.12. The highest BCUT2D eigenvalue weighted by molar-refractivity contribution is 5.03. The molecule has 1 unspecified atom stereocenters. The van der Waals surface area contributed by atoms with Crippen molar-refractivity contribution in [3.63, 3.8) is 0 Å². The fourth-order valence-electron chi connectivity index (χ4n) is 2.07. The normalized spacial score (nSPS) is 16.9. The van der Waals surface area contributed by atoms with E-state index in [0.717, 1.165) is 30.5 Å². The molecule has 18 heavy (non-hydrogen) atoms. The summed E-state index contributed by atoms with van der Waals surface area (Å²) in [7, 11) is 0. The standard InChI is InChI=1S/C14H19N3O/c1-11(7-14-3-2-6-18-14)17-9-13(16-10-17)8-15-12-4-5-12/h2-3,6,9-12,15H,4-5,7-8H2,1H3. The molecule has 0 amide bonds. The fourth-order valence-corrected chi connectivity index (χ4v) is 2.07. The third-order valence-corrected chi connectivity index (χ3v) is 3.39. The second-order valence-electron chi connectivity index (χ2n) is 5.10. The summed E-state index contributed by atoms with van der Waals surface area (Å²) in [4.78, 5) is 4.44. The lowest BCUT2D eigenvalue weighted by molar-refractivity contribution is 0.448. The minimum atomic E-state index is 0.373. The van der Waals surface area contributed by atoms with Gasteiger partial charge in [0.2, 0.25) is 0 Å². The van der Waals surface area contributed by atoms with Gasteiger partial charge in [-0.3, -0.25) is 0 Å². The maximum Gasteiger partial charge on any atom is 0.105 e. The fraction of sp³-hybridized carbons (Fsp3) is 0.500. The molecular weight excluding hydrogens is 226 g/mol. The predicted molar refractivity (Wildman–Crippen MR) is 69.2 cm³/mol. The number of nitrogens with zero attached hydrogens (tertiary/aromatic N) is 2. The van der Waals surface area contributed by atoms with E-state index in [4.69, 9.17) is 4.42 Å². The van der Waals surface area contributed by atoms with Crippen molar-refractivity contribution < 1.29 is 4.42 Å². The highest BCUT2D eigenvalue weighted by atomic mass is 16.3. The molecule has 0 radical (unpaired) electrons. The number of nitrogens with one attached hydrogen (secondary N) is 1. The monoisotopic (exact) mass is 245 g/mol. The molecule has 1 saturated carbocycles. The molecule has 2 aromatic rings. The second kappa shape index (κ2) is 4.98. The van der Waals surface area contributed by atoms with Crippen molar-refractivity contribution in [2.45, 2.75) is 44.8 Å². The van der Waals surface area contributed by atoms with Gasteiger partial charge in [-0.2, -0.15) is 0 Å². The van der Waals surface area contributed by atoms with E-state index >= 15 is 0 Å².